The fraction of sp³-hybridized carbons (Fsp3) is 0.750. The Bertz CT molecular complexity index is 461. The maximum absolute atomic E-state index is 12.5. The van der Waals surface area contributed by atoms with Crippen molar-refractivity contribution in [3.05, 3.63) is 18.4 Å². The number of likely N-dealkylation sites (tertiary alicyclic amines) is 1. The third kappa shape index (κ3) is 3.67. The summed E-state index contributed by atoms with van der Waals surface area (Å²) in [6.07, 6.45) is 8.02. The molecule has 2 aliphatic rings. The van der Waals surface area contributed by atoms with Gasteiger partial charge >= 0.3 is 0 Å². The molecule has 6 heteroatoms. The van der Waals surface area contributed by atoms with Gasteiger partial charge in [-0.25, -0.2) is 4.98 Å². The highest BCUT2D eigenvalue weighted by atomic mass is 16.7. The van der Waals surface area contributed by atoms with Crippen molar-refractivity contribution in [3.63, 3.8) is 0 Å². The molecule has 122 valence electrons. The van der Waals surface area contributed by atoms with Crippen LogP contribution in [0, 0.1) is 5.92 Å². The lowest BCUT2D eigenvalue weighted by Crippen LogP contribution is -2.40. The van der Waals surface area contributed by atoms with Crippen LogP contribution in [0.4, 0.5) is 0 Å². The van der Waals surface area contributed by atoms with Crippen LogP contribution in [0.15, 0.2) is 17.0 Å². The normalized spacial score (nSPS) is 22.1. The molecule has 0 bridgehead atoms. The van der Waals surface area contributed by atoms with Crippen LogP contribution < -0.4 is 0 Å². The average molecular weight is 307 g/mol. The monoisotopic (exact) mass is 307 g/mol. The van der Waals surface area contributed by atoms with E-state index in [1.807, 2.05) is 9.96 Å². The second-order valence-electron chi connectivity index (χ2n) is 6.32. The molecule has 2 fully saturated rings. The predicted octanol–water partition coefficient (Wildman–Crippen LogP) is 2.04. The van der Waals surface area contributed by atoms with Gasteiger partial charge in [0, 0.05) is 38.5 Å². The Hall–Kier alpha value is -1.40. The number of amides is 1. The van der Waals surface area contributed by atoms with Gasteiger partial charge in [0.15, 0.2) is 6.39 Å². The van der Waals surface area contributed by atoms with Crippen LogP contribution in [-0.4, -0.2) is 54.1 Å². The van der Waals surface area contributed by atoms with Gasteiger partial charge < -0.3 is 14.2 Å². The molecule has 0 radical (unpaired) electrons. The Kier molecular flexibility index (Phi) is 5.10. The maximum atomic E-state index is 12.5. The quantitative estimate of drug-likeness (QED) is 0.852. The molecule has 1 amide bonds. The molecular weight excluding hydrogens is 282 g/mol. The van der Waals surface area contributed by atoms with Crippen molar-refractivity contribution in [3.8, 4) is 0 Å². The maximum Gasteiger partial charge on any atom is 0.222 e. The third-order valence-corrected chi connectivity index (χ3v) is 5.00. The number of nitrogens with zero attached hydrogens (tertiary/aromatic N) is 3. The molecule has 0 aromatic carbocycles. The van der Waals surface area contributed by atoms with E-state index in [-0.39, 0.29) is 0 Å². The highest BCUT2D eigenvalue weighted by molar-refractivity contribution is 5.76. The van der Waals surface area contributed by atoms with Crippen LogP contribution in [0.2, 0.25) is 0 Å². The van der Waals surface area contributed by atoms with Crippen molar-refractivity contribution in [1.82, 2.24) is 14.9 Å². The first kappa shape index (κ1) is 15.5. The number of carbonyl (C=O) groups excluding carboxylic acids is 1. The topological polar surface area (TPSA) is 58.8 Å². The lowest BCUT2D eigenvalue weighted by Gasteiger charge is -2.34. The van der Waals surface area contributed by atoms with Crippen molar-refractivity contribution >= 4 is 5.91 Å². The average Bonchev–Trinajstić information content (AvgIpc) is 3.10. The molecule has 3 rings (SSSR count). The van der Waals surface area contributed by atoms with E-state index in [2.05, 4.69) is 4.98 Å². The summed E-state index contributed by atoms with van der Waals surface area (Å²) >= 11 is 0. The minimum atomic E-state index is 0.312. The molecule has 1 aromatic heterocycles. The second-order valence-corrected chi connectivity index (χ2v) is 6.32. The molecule has 0 unspecified atom stereocenters. The Morgan fingerprint density at radius 3 is 2.59 bits per heavy atom. The Morgan fingerprint density at radius 2 is 2.00 bits per heavy atom. The number of aromatic nitrogens is 1. The standard InChI is InChI=1S/C16H25N3O3/c1-21-19-8-2-13(3-9-19)10-16(20)18-6-4-14(5-7-18)15-11-17-12-22-15/h11-14H,2-10H2,1H3. The molecule has 0 spiro atoms. The number of oxazole rings is 1. The van der Waals surface area contributed by atoms with Crippen LogP contribution >= 0.6 is 0 Å². The van der Waals surface area contributed by atoms with Crippen molar-refractivity contribution in [2.24, 2.45) is 5.92 Å². The van der Waals surface area contributed by atoms with Crippen LogP contribution in [-0.2, 0) is 9.63 Å². The highest BCUT2D eigenvalue weighted by Gasteiger charge is 2.28. The number of hydrogen-bond donors (Lipinski definition) is 0. The van der Waals surface area contributed by atoms with Gasteiger partial charge in [-0.2, -0.15) is 5.06 Å². The van der Waals surface area contributed by atoms with Crippen molar-refractivity contribution in [1.29, 1.82) is 0 Å². The number of carbonyl (C=O) groups is 1. The summed E-state index contributed by atoms with van der Waals surface area (Å²) in [5, 5.41) is 1.98. The summed E-state index contributed by atoms with van der Waals surface area (Å²) in [5.41, 5.74) is 0. The van der Waals surface area contributed by atoms with Gasteiger partial charge in [-0.3, -0.25) is 4.79 Å². The van der Waals surface area contributed by atoms with Crippen LogP contribution in [0.5, 0.6) is 0 Å². The molecule has 3 heterocycles. The van der Waals surface area contributed by atoms with Gasteiger partial charge in [-0.05, 0) is 31.6 Å². The Labute approximate surface area is 131 Å². The van der Waals surface area contributed by atoms with Crippen molar-refractivity contribution in [2.45, 2.75) is 38.0 Å². The van der Waals surface area contributed by atoms with E-state index in [1.54, 1.807) is 13.3 Å². The summed E-state index contributed by atoms with van der Waals surface area (Å²) in [4.78, 5) is 23.7. The number of hydrogen-bond acceptors (Lipinski definition) is 5. The zero-order chi connectivity index (χ0) is 15.4. The first-order valence-corrected chi connectivity index (χ1v) is 8.21. The molecule has 6 nitrogen and oxygen atoms in total. The summed E-state index contributed by atoms with van der Waals surface area (Å²) in [7, 11) is 1.71. The molecule has 2 saturated heterocycles. The fourth-order valence-corrected chi connectivity index (χ4v) is 3.51. The van der Waals surface area contributed by atoms with Gasteiger partial charge in [0.25, 0.3) is 0 Å². The lowest BCUT2D eigenvalue weighted by molar-refractivity contribution is -0.151. The SMILES string of the molecule is CON1CCC(CC(=O)N2CCC(c3cnco3)CC2)CC1. The molecule has 1 aromatic rings. The minimum Gasteiger partial charge on any atom is -0.448 e. The van der Waals surface area contributed by atoms with Crippen LogP contribution in [0.25, 0.3) is 0 Å². The van der Waals surface area contributed by atoms with Crippen molar-refractivity contribution < 1.29 is 14.0 Å². The van der Waals surface area contributed by atoms with E-state index < -0.39 is 0 Å². The molecule has 22 heavy (non-hydrogen) atoms. The highest BCUT2D eigenvalue weighted by Crippen LogP contribution is 2.29. The molecule has 0 N–H and O–H groups in total. The zero-order valence-corrected chi connectivity index (χ0v) is 13.2. The number of rotatable bonds is 4. The Morgan fingerprint density at radius 1 is 1.27 bits per heavy atom. The first-order valence-electron chi connectivity index (χ1n) is 8.21. The summed E-state index contributed by atoms with van der Waals surface area (Å²) in [6, 6.07) is 0. The molecule has 0 saturated carbocycles. The molecule has 0 atom stereocenters. The van der Waals surface area contributed by atoms with E-state index in [4.69, 9.17) is 9.25 Å². The number of piperidine rings is 2. The first-order chi connectivity index (χ1) is 10.8. The van der Waals surface area contributed by atoms with E-state index in [1.165, 1.54) is 6.39 Å². The number of hydroxylamine groups is 2. The van der Waals surface area contributed by atoms with Gasteiger partial charge in [0.2, 0.25) is 5.91 Å². The molecular formula is C16H25N3O3. The van der Waals surface area contributed by atoms with E-state index in [0.29, 0.717) is 24.2 Å². The summed E-state index contributed by atoms with van der Waals surface area (Å²) in [5.74, 6) is 2.19. The smallest absolute Gasteiger partial charge is 0.222 e. The second kappa shape index (κ2) is 7.24. The summed E-state index contributed by atoms with van der Waals surface area (Å²) < 4.78 is 5.38. The molecule has 0 aliphatic carbocycles. The largest absolute Gasteiger partial charge is 0.448 e. The van der Waals surface area contributed by atoms with Crippen LogP contribution in [0.3, 0.4) is 0 Å². The predicted molar refractivity (Wildman–Crippen MR) is 81.0 cm³/mol. The Balaban J connectivity index is 1.42. The van der Waals surface area contributed by atoms with Gasteiger partial charge in [0.1, 0.15) is 5.76 Å². The minimum absolute atomic E-state index is 0.312. The zero-order valence-electron chi connectivity index (χ0n) is 13.2. The molecule has 2 aliphatic heterocycles. The third-order valence-electron chi connectivity index (χ3n) is 5.00. The fourth-order valence-electron chi connectivity index (χ4n) is 3.51. The lowest BCUT2D eigenvalue weighted by atomic mass is 9.91. The van der Waals surface area contributed by atoms with Gasteiger partial charge in [0.05, 0.1) is 13.3 Å². The van der Waals surface area contributed by atoms with E-state index in [0.717, 1.165) is 57.6 Å². The van der Waals surface area contributed by atoms with E-state index >= 15 is 0 Å². The van der Waals surface area contributed by atoms with Gasteiger partial charge in [-0.15, -0.1) is 0 Å². The summed E-state index contributed by atoms with van der Waals surface area (Å²) in [6.45, 7) is 3.53. The van der Waals surface area contributed by atoms with E-state index in [9.17, 15) is 4.79 Å². The van der Waals surface area contributed by atoms with Gasteiger partial charge in [-0.1, -0.05) is 0 Å². The van der Waals surface area contributed by atoms with Crippen LogP contribution in [0.1, 0.15) is 43.8 Å². The van der Waals surface area contributed by atoms with Crippen molar-refractivity contribution in [2.75, 3.05) is 33.3 Å².